The molecule has 1 rings (SSSR count). The predicted molar refractivity (Wildman–Crippen MR) is 57.4 cm³/mol. The van der Waals surface area contributed by atoms with Gasteiger partial charge in [0, 0.05) is 6.07 Å². The van der Waals surface area contributed by atoms with Crippen LogP contribution in [-0.2, 0) is 18.9 Å². The maximum atomic E-state index is 10.7. The van der Waals surface area contributed by atoms with Crippen molar-refractivity contribution >= 4 is 43.5 Å². The van der Waals surface area contributed by atoms with E-state index in [1.54, 1.807) is 0 Å². The van der Waals surface area contributed by atoms with E-state index in [1.165, 1.54) is 24.3 Å². The molecule has 0 aromatic heterocycles. The number of carbonyl (C=O) groups excluding carboxylic acids is 2. The zero-order valence-corrected chi connectivity index (χ0v) is 9.53. The summed E-state index contributed by atoms with van der Waals surface area (Å²) in [6, 6.07) is 3.56. The third-order valence-electron chi connectivity index (χ3n) is 1.47. The third-order valence-corrected chi connectivity index (χ3v) is 2.04. The Kier molecular flexibility index (Phi) is 4.14. The molecule has 7 nitrogen and oxygen atoms in total. The van der Waals surface area contributed by atoms with Crippen LogP contribution in [0.5, 0.6) is 5.75 Å². The Hall–Kier alpha value is -1.98. The van der Waals surface area contributed by atoms with E-state index >= 15 is 0 Å². The zero-order chi connectivity index (χ0) is 12.9. The van der Waals surface area contributed by atoms with E-state index in [0.29, 0.717) is 0 Å². The van der Waals surface area contributed by atoms with Gasteiger partial charge in [0.2, 0.25) is 12.2 Å². The summed E-state index contributed by atoms with van der Waals surface area (Å²) in [5.41, 5.74) is -0.0470. The quantitative estimate of drug-likeness (QED) is 0.470. The molecule has 1 aromatic carbocycles. The number of rotatable bonds is 4. The molecule has 0 aliphatic heterocycles. The third kappa shape index (κ3) is 4.18. The molecule has 0 heterocycles. The van der Waals surface area contributed by atoms with E-state index in [0.717, 1.165) is 6.07 Å². The van der Waals surface area contributed by atoms with Crippen molar-refractivity contribution < 1.29 is 22.2 Å². The van der Waals surface area contributed by atoms with E-state index in [9.17, 15) is 18.0 Å². The maximum Gasteiger partial charge on any atom is 0.401 e. The maximum absolute atomic E-state index is 10.7. The molecule has 0 bridgehead atoms. The number of hydrogen-bond acceptors (Lipinski definition) is 7. The molecule has 0 atom stereocenters. The van der Waals surface area contributed by atoms with E-state index in [4.69, 9.17) is 10.7 Å². The van der Waals surface area contributed by atoms with Crippen molar-refractivity contribution in [3.63, 3.8) is 0 Å². The number of halogens is 1. The Morgan fingerprint density at radius 1 is 1.18 bits per heavy atom. The molecule has 88 valence electrons. The van der Waals surface area contributed by atoms with Crippen LogP contribution in [0.1, 0.15) is 0 Å². The SMILES string of the molecule is O=C=Nc1ccc(N=C=O)c(OS(=O)(=O)Cl)c1. The van der Waals surface area contributed by atoms with Crippen LogP contribution >= 0.6 is 10.7 Å². The van der Waals surface area contributed by atoms with E-state index in [-0.39, 0.29) is 17.1 Å². The molecule has 0 N–H and O–H groups in total. The van der Waals surface area contributed by atoms with E-state index in [2.05, 4.69) is 14.2 Å². The lowest BCUT2D eigenvalue weighted by molar-refractivity contribution is 0.504. The van der Waals surface area contributed by atoms with Gasteiger partial charge in [-0.1, -0.05) is 0 Å². The van der Waals surface area contributed by atoms with Crippen LogP contribution in [0.4, 0.5) is 11.4 Å². The highest BCUT2D eigenvalue weighted by Gasteiger charge is 2.12. The van der Waals surface area contributed by atoms with Gasteiger partial charge in [0.15, 0.2) is 5.75 Å². The molecular weight excluding hydrogens is 272 g/mol. The van der Waals surface area contributed by atoms with Crippen molar-refractivity contribution in [3.8, 4) is 5.75 Å². The van der Waals surface area contributed by atoms with Gasteiger partial charge in [-0.3, -0.25) is 0 Å². The molecule has 1 aromatic rings. The summed E-state index contributed by atoms with van der Waals surface area (Å²) in [4.78, 5) is 26.5. The molecule has 9 heteroatoms. The highest BCUT2D eigenvalue weighted by molar-refractivity contribution is 8.10. The van der Waals surface area contributed by atoms with Crippen molar-refractivity contribution in [1.82, 2.24) is 0 Å². The van der Waals surface area contributed by atoms with Crippen LogP contribution in [0.25, 0.3) is 0 Å². The van der Waals surface area contributed by atoms with Crippen LogP contribution in [-0.4, -0.2) is 20.6 Å². The summed E-state index contributed by atoms with van der Waals surface area (Å²) in [7, 11) is 0.564. The fourth-order valence-corrected chi connectivity index (χ4v) is 1.49. The second-order valence-electron chi connectivity index (χ2n) is 2.53. The molecule has 0 aliphatic carbocycles. The number of hydrogen-bond donors (Lipinski definition) is 0. The molecule has 0 unspecified atom stereocenters. The van der Waals surface area contributed by atoms with Gasteiger partial charge in [-0.25, -0.2) is 9.59 Å². The smallest absolute Gasteiger partial charge is 0.368 e. The van der Waals surface area contributed by atoms with Crippen LogP contribution < -0.4 is 4.18 Å². The molecule has 17 heavy (non-hydrogen) atoms. The van der Waals surface area contributed by atoms with Crippen LogP contribution in [0.3, 0.4) is 0 Å². The first-order valence-corrected chi connectivity index (χ1v) is 6.13. The molecule has 0 amide bonds. The van der Waals surface area contributed by atoms with Crippen LogP contribution in [0.2, 0.25) is 0 Å². The topological polar surface area (TPSA) is 102 Å². The van der Waals surface area contributed by atoms with Crippen molar-refractivity contribution in [2.45, 2.75) is 0 Å². The van der Waals surface area contributed by atoms with Gasteiger partial charge in [-0.15, -0.1) is 0 Å². The first-order chi connectivity index (χ1) is 7.96. The van der Waals surface area contributed by atoms with E-state index < -0.39 is 9.33 Å². The molecule has 0 saturated carbocycles. The highest BCUT2D eigenvalue weighted by Crippen LogP contribution is 2.32. The minimum Gasteiger partial charge on any atom is -0.368 e. The largest absolute Gasteiger partial charge is 0.401 e. The van der Waals surface area contributed by atoms with Crippen molar-refractivity contribution in [2.75, 3.05) is 0 Å². The van der Waals surface area contributed by atoms with Crippen LogP contribution in [0, 0.1) is 0 Å². The molecule has 0 fully saturated rings. The average molecular weight is 275 g/mol. The van der Waals surface area contributed by atoms with Gasteiger partial charge < -0.3 is 4.18 Å². The minimum absolute atomic E-state index is 0.0696. The Morgan fingerprint density at radius 2 is 1.82 bits per heavy atom. The van der Waals surface area contributed by atoms with Gasteiger partial charge in [0.05, 0.1) is 16.4 Å². The Morgan fingerprint density at radius 3 is 2.35 bits per heavy atom. The first kappa shape index (κ1) is 13.1. The predicted octanol–water partition coefficient (Wildman–Crippen LogP) is 1.48. The van der Waals surface area contributed by atoms with E-state index in [1.807, 2.05) is 0 Å². The lowest BCUT2D eigenvalue weighted by atomic mass is 10.2. The molecule has 0 spiro atoms. The average Bonchev–Trinajstić information content (AvgIpc) is 2.20. The number of isocyanates is 2. The van der Waals surface area contributed by atoms with Gasteiger partial charge >= 0.3 is 9.33 Å². The molecule has 0 aliphatic rings. The summed E-state index contributed by atoms with van der Waals surface area (Å²) >= 11 is 0. The first-order valence-electron chi connectivity index (χ1n) is 3.90. The standard InChI is InChI=1S/C8H3ClN2O5S/c9-17(14,15)16-8-3-6(10-4-12)1-2-7(8)11-5-13/h1-3H. The van der Waals surface area contributed by atoms with Gasteiger partial charge in [0.1, 0.15) is 5.69 Å². The van der Waals surface area contributed by atoms with Crippen LogP contribution in [0.15, 0.2) is 28.2 Å². The molecule has 0 radical (unpaired) electrons. The summed E-state index contributed by atoms with van der Waals surface area (Å²) in [6.07, 6.45) is 2.47. The summed E-state index contributed by atoms with van der Waals surface area (Å²) in [5, 5.41) is 0. The fourth-order valence-electron chi connectivity index (χ4n) is 0.941. The summed E-state index contributed by atoms with van der Waals surface area (Å²) in [5.74, 6) is -0.347. The second-order valence-corrected chi connectivity index (χ2v) is 4.62. The van der Waals surface area contributed by atoms with Gasteiger partial charge in [0.25, 0.3) is 0 Å². The second kappa shape index (κ2) is 5.38. The molecular formula is C8H3ClN2O5S. The van der Waals surface area contributed by atoms with Crippen molar-refractivity contribution in [2.24, 2.45) is 9.98 Å². The van der Waals surface area contributed by atoms with Gasteiger partial charge in [-0.05, 0) is 12.1 Å². The highest BCUT2D eigenvalue weighted by atomic mass is 35.7. The van der Waals surface area contributed by atoms with Crippen molar-refractivity contribution in [3.05, 3.63) is 18.2 Å². The lowest BCUT2D eigenvalue weighted by Gasteiger charge is -2.03. The number of aliphatic imine (C=N–C) groups is 2. The van der Waals surface area contributed by atoms with Crippen molar-refractivity contribution in [1.29, 1.82) is 0 Å². The normalized spacial score (nSPS) is 9.94. The summed E-state index contributed by atoms with van der Waals surface area (Å²) in [6.45, 7) is 0. The Labute approximate surface area is 100 Å². The monoisotopic (exact) mass is 274 g/mol. The fraction of sp³-hybridized carbons (Fsp3) is 0. The Bertz CT molecular complexity index is 629. The Balaban J connectivity index is 3.34. The number of nitrogens with zero attached hydrogens (tertiary/aromatic N) is 2. The minimum atomic E-state index is -4.31. The van der Waals surface area contributed by atoms with Gasteiger partial charge in [-0.2, -0.15) is 18.4 Å². The number of benzene rings is 1. The lowest BCUT2D eigenvalue weighted by Crippen LogP contribution is -1.99. The zero-order valence-electron chi connectivity index (χ0n) is 7.95. The molecule has 0 saturated heterocycles. The summed E-state index contributed by atoms with van der Waals surface area (Å²) < 4.78 is 25.8.